The number of rotatable bonds is 6. The summed E-state index contributed by atoms with van der Waals surface area (Å²) in [5.41, 5.74) is 4.26. The van der Waals surface area contributed by atoms with Gasteiger partial charge in [0.1, 0.15) is 5.82 Å². The summed E-state index contributed by atoms with van der Waals surface area (Å²) in [6, 6.07) is 4.36. The Bertz CT molecular complexity index is 654. The van der Waals surface area contributed by atoms with Gasteiger partial charge in [0.25, 0.3) is 0 Å². The number of nitrogens with one attached hydrogen (secondary N) is 1. The standard InChI is InChI=1S/C23H35N3/c1-17(15-22(3,4)5)26-13-11-23(6,12-14-26)20-9-10-21(24-16-20)25-18(2)19-7-8-19/h9-10,16,19H,1-2,7-8,11-15H2,3-6H3,(H,24,25). The molecule has 0 spiro atoms. The minimum atomic E-state index is 0.206. The molecule has 0 aromatic carbocycles. The third kappa shape index (κ3) is 4.69. The van der Waals surface area contributed by atoms with Gasteiger partial charge in [-0.3, -0.25) is 0 Å². The van der Waals surface area contributed by atoms with Crippen LogP contribution >= 0.6 is 0 Å². The molecule has 2 fully saturated rings. The molecule has 0 atom stereocenters. The molecule has 1 aliphatic heterocycles. The summed E-state index contributed by atoms with van der Waals surface area (Å²) < 4.78 is 0. The molecule has 0 amide bonds. The van der Waals surface area contributed by atoms with Gasteiger partial charge in [0.05, 0.1) is 0 Å². The Balaban J connectivity index is 1.57. The minimum Gasteiger partial charge on any atom is -0.375 e. The number of hydrogen-bond donors (Lipinski definition) is 1. The predicted octanol–water partition coefficient (Wildman–Crippen LogP) is 5.72. The normalized spacial score (nSPS) is 19.9. The van der Waals surface area contributed by atoms with Crippen LogP contribution < -0.4 is 5.32 Å². The Hall–Kier alpha value is -1.77. The summed E-state index contributed by atoms with van der Waals surface area (Å²) >= 11 is 0. The van der Waals surface area contributed by atoms with Crippen molar-refractivity contribution in [2.45, 2.75) is 65.2 Å². The van der Waals surface area contributed by atoms with E-state index < -0.39 is 0 Å². The van der Waals surface area contributed by atoms with E-state index in [4.69, 9.17) is 0 Å². The van der Waals surface area contributed by atoms with Gasteiger partial charge in [0, 0.05) is 30.7 Å². The van der Waals surface area contributed by atoms with Gasteiger partial charge >= 0.3 is 0 Å². The van der Waals surface area contributed by atoms with E-state index in [1.165, 1.54) is 24.1 Å². The molecule has 1 aliphatic carbocycles. The summed E-state index contributed by atoms with van der Waals surface area (Å²) in [6.07, 6.45) is 7.95. The van der Waals surface area contributed by atoms with Crippen LogP contribution in [0.5, 0.6) is 0 Å². The van der Waals surface area contributed by atoms with E-state index in [0.717, 1.165) is 43.9 Å². The number of allylic oxidation sites excluding steroid dienone is 2. The van der Waals surface area contributed by atoms with Gasteiger partial charge in [-0.1, -0.05) is 46.9 Å². The van der Waals surface area contributed by atoms with Crippen LogP contribution in [-0.4, -0.2) is 23.0 Å². The maximum atomic E-state index is 4.65. The van der Waals surface area contributed by atoms with Crippen molar-refractivity contribution in [1.82, 2.24) is 9.88 Å². The Kier molecular flexibility index (Phi) is 5.18. The SMILES string of the molecule is C=C(Nc1ccc(C2(C)CCN(C(=C)CC(C)(C)C)CC2)cn1)C1CC1. The average molecular weight is 354 g/mol. The average Bonchev–Trinajstić information content (AvgIpc) is 3.39. The molecule has 1 saturated carbocycles. The Labute approximate surface area is 159 Å². The van der Waals surface area contributed by atoms with Crippen molar-refractivity contribution >= 4 is 5.82 Å². The lowest BCUT2D eigenvalue weighted by molar-refractivity contribution is 0.191. The second kappa shape index (κ2) is 7.09. The molecular formula is C23H35N3. The van der Waals surface area contributed by atoms with Crippen LogP contribution in [0.25, 0.3) is 0 Å². The third-order valence-corrected chi connectivity index (χ3v) is 5.87. The van der Waals surface area contributed by atoms with Crippen molar-refractivity contribution in [2.75, 3.05) is 18.4 Å². The molecule has 26 heavy (non-hydrogen) atoms. The van der Waals surface area contributed by atoms with Crippen molar-refractivity contribution in [2.24, 2.45) is 11.3 Å². The molecule has 0 bridgehead atoms. The van der Waals surface area contributed by atoms with Crippen LogP contribution in [0.15, 0.2) is 42.9 Å². The number of pyridine rings is 1. The van der Waals surface area contributed by atoms with Gasteiger partial charge in [-0.25, -0.2) is 4.98 Å². The Morgan fingerprint density at radius 3 is 2.38 bits per heavy atom. The highest BCUT2D eigenvalue weighted by molar-refractivity contribution is 5.43. The Morgan fingerprint density at radius 2 is 1.88 bits per heavy atom. The molecule has 0 unspecified atom stereocenters. The van der Waals surface area contributed by atoms with E-state index in [-0.39, 0.29) is 5.41 Å². The van der Waals surface area contributed by atoms with Gasteiger partial charge in [-0.2, -0.15) is 0 Å². The van der Waals surface area contributed by atoms with Crippen molar-refractivity contribution in [3.8, 4) is 0 Å². The molecule has 1 aromatic heterocycles. The lowest BCUT2D eigenvalue weighted by Crippen LogP contribution is -2.40. The molecule has 1 saturated heterocycles. The number of anilines is 1. The van der Waals surface area contributed by atoms with Crippen molar-refractivity contribution in [1.29, 1.82) is 0 Å². The van der Waals surface area contributed by atoms with Crippen LogP contribution in [-0.2, 0) is 5.41 Å². The van der Waals surface area contributed by atoms with Crippen LogP contribution in [0.3, 0.4) is 0 Å². The fraction of sp³-hybridized carbons (Fsp3) is 0.609. The summed E-state index contributed by atoms with van der Waals surface area (Å²) in [5.74, 6) is 1.57. The fourth-order valence-corrected chi connectivity index (χ4v) is 3.85. The van der Waals surface area contributed by atoms with E-state index in [2.05, 4.69) is 74.4 Å². The maximum Gasteiger partial charge on any atom is 0.130 e. The molecule has 1 N–H and O–H groups in total. The number of likely N-dealkylation sites (tertiary alicyclic amines) is 1. The summed E-state index contributed by atoms with van der Waals surface area (Å²) in [5, 5.41) is 3.36. The van der Waals surface area contributed by atoms with E-state index in [1.54, 1.807) is 0 Å². The third-order valence-electron chi connectivity index (χ3n) is 5.87. The molecular weight excluding hydrogens is 318 g/mol. The Morgan fingerprint density at radius 1 is 1.23 bits per heavy atom. The zero-order valence-electron chi connectivity index (χ0n) is 17.1. The van der Waals surface area contributed by atoms with Gasteiger partial charge in [-0.05, 0) is 60.5 Å². The van der Waals surface area contributed by atoms with Gasteiger partial charge in [0.15, 0.2) is 0 Å². The minimum absolute atomic E-state index is 0.206. The van der Waals surface area contributed by atoms with Crippen LogP contribution in [0, 0.1) is 11.3 Å². The zero-order valence-corrected chi connectivity index (χ0v) is 17.1. The summed E-state index contributed by atoms with van der Waals surface area (Å²) in [4.78, 5) is 7.13. The lowest BCUT2D eigenvalue weighted by atomic mass is 9.75. The largest absolute Gasteiger partial charge is 0.375 e. The van der Waals surface area contributed by atoms with E-state index in [0.29, 0.717) is 11.3 Å². The van der Waals surface area contributed by atoms with Crippen molar-refractivity contribution in [3.05, 3.63) is 48.4 Å². The van der Waals surface area contributed by atoms with E-state index >= 15 is 0 Å². The molecule has 0 radical (unpaired) electrons. The van der Waals surface area contributed by atoms with Gasteiger partial charge < -0.3 is 10.2 Å². The molecule has 142 valence electrons. The molecule has 2 heterocycles. The first kappa shape index (κ1) is 19.0. The fourth-order valence-electron chi connectivity index (χ4n) is 3.85. The van der Waals surface area contributed by atoms with Crippen LogP contribution in [0.4, 0.5) is 5.82 Å². The van der Waals surface area contributed by atoms with Crippen molar-refractivity contribution < 1.29 is 0 Å². The predicted molar refractivity (Wildman–Crippen MR) is 111 cm³/mol. The summed E-state index contributed by atoms with van der Waals surface area (Å²) in [6.45, 7) is 19.9. The first-order valence-electron chi connectivity index (χ1n) is 10.0. The van der Waals surface area contributed by atoms with E-state index in [9.17, 15) is 0 Å². The second-order valence-corrected chi connectivity index (χ2v) is 9.71. The molecule has 1 aromatic rings. The topological polar surface area (TPSA) is 28.2 Å². The maximum absolute atomic E-state index is 4.65. The molecule has 3 heteroatoms. The first-order valence-corrected chi connectivity index (χ1v) is 10.0. The number of piperidine rings is 1. The van der Waals surface area contributed by atoms with Crippen LogP contribution in [0.2, 0.25) is 0 Å². The zero-order chi connectivity index (χ0) is 18.9. The highest BCUT2D eigenvalue weighted by Crippen LogP contribution is 2.38. The number of hydrogen-bond acceptors (Lipinski definition) is 3. The molecule has 2 aliphatic rings. The highest BCUT2D eigenvalue weighted by Gasteiger charge is 2.33. The second-order valence-electron chi connectivity index (χ2n) is 9.71. The molecule has 3 nitrogen and oxygen atoms in total. The number of nitrogens with zero attached hydrogens (tertiary/aromatic N) is 2. The quantitative estimate of drug-likeness (QED) is 0.709. The van der Waals surface area contributed by atoms with E-state index in [1.807, 2.05) is 0 Å². The highest BCUT2D eigenvalue weighted by atomic mass is 15.1. The summed E-state index contributed by atoms with van der Waals surface area (Å²) in [7, 11) is 0. The van der Waals surface area contributed by atoms with Gasteiger partial charge in [-0.15, -0.1) is 0 Å². The number of aromatic nitrogens is 1. The van der Waals surface area contributed by atoms with Gasteiger partial charge in [0.2, 0.25) is 0 Å². The lowest BCUT2D eigenvalue weighted by Gasteiger charge is -2.42. The van der Waals surface area contributed by atoms with Crippen molar-refractivity contribution in [3.63, 3.8) is 0 Å². The van der Waals surface area contributed by atoms with Crippen LogP contribution in [0.1, 0.15) is 65.4 Å². The monoisotopic (exact) mass is 353 g/mol. The first-order chi connectivity index (χ1) is 12.2. The smallest absolute Gasteiger partial charge is 0.130 e. The molecule has 3 rings (SSSR count).